The summed E-state index contributed by atoms with van der Waals surface area (Å²) in [5.74, 6) is -0.321. The fraction of sp³-hybridized carbons (Fsp3) is 0.125. The van der Waals surface area contributed by atoms with Crippen LogP contribution in [-0.4, -0.2) is 15.5 Å². The van der Waals surface area contributed by atoms with E-state index in [9.17, 15) is 9.59 Å². The first-order valence-corrected chi connectivity index (χ1v) is 9.58. The van der Waals surface area contributed by atoms with Crippen molar-refractivity contribution in [2.75, 3.05) is 4.90 Å². The zero-order valence-electron chi connectivity index (χ0n) is 16.2. The molecule has 0 fully saturated rings. The van der Waals surface area contributed by atoms with Crippen LogP contribution in [0.4, 0.5) is 5.69 Å². The van der Waals surface area contributed by atoms with Crippen molar-refractivity contribution < 1.29 is 4.79 Å². The number of carbonyl (C=O) groups excluding carboxylic acids is 1. The predicted molar refractivity (Wildman–Crippen MR) is 115 cm³/mol. The van der Waals surface area contributed by atoms with Crippen LogP contribution in [0.15, 0.2) is 89.9 Å². The van der Waals surface area contributed by atoms with Gasteiger partial charge in [0.1, 0.15) is 11.2 Å². The topological polar surface area (TPSA) is 55.2 Å². The highest BCUT2D eigenvalue weighted by atomic mass is 16.2. The molecule has 0 spiro atoms. The van der Waals surface area contributed by atoms with Crippen LogP contribution in [0.5, 0.6) is 0 Å². The number of nitrogens with zero attached hydrogens (tertiary/aromatic N) is 3. The lowest BCUT2D eigenvalue weighted by Gasteiger charge is -2.23. The van der Waals surface area contributed by atoms with Crippen molar-refractivity contribution in [3.63, 3.8) is 0 Å². The highest BCUT2D eigenvalue weighted by molar-refractivity contribution is 6.07. The van der Waals surface area contributed by atoms with Gasteiger partial charge < -0.3 is 4.90 Å². The molecule has 0 aliphatic heterocycles. The molecule has 5 nitrogen and oxygen atoms in total. The molecule has 2 aromatic heterocycles. The van der Waals surface area contributed by atoms with Gasteiger partial charge >= 0.3 is 0 Å². The molecule has 2 aromatic carbocycles. The number of rotatable bonds is 5. The molecule has 0 aliphatic rings. The van der Waals surface area contributed by atoms with Crippen molar-refractivity contribution >= 4 is 22.6 Å². The van der Waals surface area contributed by atoms with Gasteiger partial charge in [-0.2, -0.15) is 0 Å². The van der Waals surface area contributed by atoms with Crippen molar-refractivity contribution in [3.05, 3.63) is 107 Å². The van der Waals surface area contributed by atoms with E-state index >= 15 is 0 Å². The summed E-state index contributed by atoms with van der Waals surface area (Å²) in [6, 6.07) is 24.5. The minimum Gasteiger partial charge on any atom is -0.304 e. The van der Waals surface area contributed by atoms with Crippen molar-refractivity contribution in [2.45, 2.75) is 20.0 Å². The van der Waals surface area contributed by atoms with Gasteiger partial charge in [0.25, 0.3) is 11.5 Å². The number of carbonyl (C=O) groups is 1. The van der Waals surface area contributed by atoms with Crippen molar-refractivity contribution in [1.29, 1.82) is 0 Å². The number of aryl methyl sites for hydroxylation is 1. The maximum Gasteiger partial charge on any atom is 0.265 e. The SMILES string of the molecule is CCn1c(=O)c(C(=O)N(Cc2ccccc2)c2ccccc2)cc2cccnc21. The summed E-state index contributed by atoms with van der Waals surface area (Å²) < 4.78 is 1.55. The van der Waals surface area contributed by atoms with Gasteiger partial charge in [0.2, 0.25) is 0 Å². The van der Waals surface area contributed by atoms with Crippen LogP contribution in [0.2, 0.25) is 0 Å². The van der Waals surface area contributed by atoms with E-state index in [-0.39, 0.29) is 17.0 Å². The fourth-order valence-corrected chi connectivity index (χ4v) is 3.45. The maximum absolute atomic E-state index is 13.6. The number of anilines is 1. The summed E-state index contributed by atoms with van der Waals surface area (Å²) in [5.41, 5.74) is 2.15. The molecule has 4 rings (SSSR count). The second-order valence-electron chi connectivity index (χ2n) is 6.74. The van der Waals surface area contributed by atoms with Gasteiger partial charge in [0, 0.05) is 23.8 Å². The summed E-state index contributed by atoms with van der Waals surface area (Å²) >= 11 is 0. The smallest absolute Gasteiger partial charge is 0.265 e. The zero-order valence-corrected chi connectivity index (χ0v) is 16.2. The Bertz CT molecular complexity index is 1200. The van der Waals surface area contributed by atoms with Gasteiger partial charge in [-0.1, -0.05) is 48.5 Å². The van der Waals surface area contributed by atoms with E-state index in [4.69, 9.17) is 0 Å². The minimum absolute atomic E-state index is 0.145. The molecule has 0 bridgehead atoms. The van der Waals surface area contributed by atoms with Crippen molar-refractivity contribution in [2.24, 2.45) is 0 Å². The first-order chi connectivity index (χ1) is 14.2. The third-order valence-electron chi connectivity index (χ3n) is 4.89. The molecule has 0 unspecified atom stereocenters. The van der Waals surface area contributed by atoms with E-state index in [1.807, 2.05) is 73.7 Å². The average molecular weight is 383 g/mol. The summed E-state index contributed by atoms with van der Waals surface area (Å²) in [6.07, 6.45) is 1.65. The Kier molecular flexibility index (Phi) is 5.20. The average Bonchev–Trinajstić information content (AvgIpc) is 2.78. The molecule has 0 radical (unpaired) electrons. The standard InChI is InChI=1S/C24H21N3O2/c1-2-26-22-19(12-9-15-25-22)16-21(23(26)28)24(29)27(20-13-7-4-8-14-20)17-18-10-5-3-6-11-18/h3-16H,2,17H2,1H3. The Hall–Kier alpha value is -3.73. The third-order valence-corrected chi connectivity index (χ3v) is 4.89. The summed E-state index contributed by atoms with van der Waals surface area (Å²) in [7, 11) is 0. The van der Waals surface area contributed by atoms with E-state index in [0.717, 1.165) is 16.6 Å². The lowest BCUT2D eigenvalue weighted by molar-refractivity contribution is 0.0983. The molecule has 0 aliphatic carbocycles. The van der Waals surface area contributed by atoms with E-state index in [1.165, 1.54) is 0 Å². The molecule has 1 amide bonds. The van der Waals surface area contributed by atoms with Crippen LogP contribution in [0, 0.1) is 0 Å². The van der Waals surface area contributed by atoms with Gasteiger partial charge in [-0.15, -0.1) is 0 Å². The highest BCUT2D eigenvalue weighted by Gasteiger charge is 2.23. The van der Waals surface area contributed by atoms with Crippen molar-refractivity contribution in [1.82, 2.24) is 9.55 Å². The minimum atomic E-state index is -0.322. The van der Waals surface area contributed by atoms with E-state index < -0.39 is 0 Å². The molecule has 0 saturated heterocycles. The summed E-state index contributed by atoms with van der Waals surface area (Å²) in [6.45, 7) is 2.69. The molecule has 0 N–H and O–H groups in total. The number of fused-ring (bicyclic) bond motifs is 1. The lowest BCUT2D eigenvalue weighted by Crippen LogP contribution is -2.36. The molecule has 4 aromatic rings. The van der Waals surface area contributed by atoms with Crippen LogP contribution in [-0.2, 0) is 13.1 Å². The number of hydrogen-bond donors (Lipinski definition) is 0. The van der Waals surface area contributed by atoms with Crippen LogP contribution < -0.4 is 10.5 Å². The molecule has 5 heteroatoms. The van der Waals surface area contributed by atoms with Gasteiger partial charge in [-0.05, 0) is 42.8 Å². The number of benzene rings is 2. The molecule has 0 saturated carbocycles. The molecule has 29 heavy (non-hydrogen) atoms. The molecular weight excluding hydrogens is 362 g/mol. The molecule has 0 atom stereocenters. The number of para-hydroxylation sites is 1. The van der Waals surface area contributed by atoms with Crippen LogP contribution in [0.1, 0.15) is 22.8 Å². The highest BCUT2D eigenvalue weighted by Crippen LogP contribution is 2.20. The second-order valence-corrected chi connectivity index (χ2v) is 6.74. The molecular formula is C24H21N3O2. The maximum atomic E-state index is 13.6. The third kappa shape index (κ3) is 3.67. The van der Waals surface area contributed by atoms with Crippen LogP contribution in [0.3, 0.4) is 0 Å². The summed E-state index contributed by atoms with van der Waals surface area (Å²) in [5, 5.41) is 0.769. The quantitative estimate of drug-likeness (QED) is 0.517. The van der Waals surface area contributed by atoms with Gasteiger partial charge in [0.05, 0.1) is 6.54 Å². The zero-order chi connectivity index (χ0) is 20.2. The Morgan fingerprint density at radius 3 is 2.34 bits per heavy atom. The van der Waals surface area contributed by atoms with E-state index in [2.05, 4.69) is 4.98 Å². The number of pyridine rings is 2. The monoisotopic (exact) mass is 383 g/mol. The van der Waals surface area contributed by atoms with Crippen LogP contribution in [0.25, 0.3) is 11.0 Å². The fourth-order valence-electron chi connectivity index (χ4n) is 3.45. The van der Waals surface area contributed by atoms with Crippen molar-refractivity contribution in [3.8, 4) is 0 Å². The van der Waals surface area contributed by atoms with E-state index in [1.54, 1.807) is 27.8 Å². The van der Waals surface area contributed by atoms with Gasteiger partial charge in [0.15, 0.2) is 0 Å². The Labute approximate surface area is 168 Å². The number of aromatic nitrogens is 2. The number of amides is 1. The Morgan fingerprint density at radius 1 is 0.966 bits per heavy atom. The van der Waals surface area contributed by atoms with Crippen LogP contribution >= 0.6 is 0 Å². The van der Waals surface area contributed by atoms with Gasteiger partial charge in [-0.3, -0.25) is 14.2 Å². The van der Waals surface area contributed by atoms with E-state index in [0.29, 0.717) is 18.7 Å². The first-order valence-electron chi connectivity index (χ1n) is 9.58. The normalized spacial score (nSPS) is 10.8. The Morgan fingerprint density at radius 2 is 1.66 bits per heavy atom. The lowest BCUT2D eigenvalue weighted by atomic mass is 10.1. The summed E-state index contributed by atoms with van der Waals surface area (Å²) in [4.78, 5) is 32.7. The largest absolute Gasteiger partial charge is 0.304 e. The Balaban J connectivity index is 1.84. The molecule has 2 heterocycles. The first kappa shape index (κ1) is 18.6. The second kappa shape index (κ2) is 8.10. The molecule has 144 valence electrons. The number of hydrogen-bond acceptors (Lipinski definition) is 3. The van der Waals surface area contributed by atoms with Gasteiger partial charge in [-0.25, -0.2) is 4.98 Å². The predicted octanol–water partition coefficient (Wildman–Crippen LogP) is 4.26.